The van der Waals surface area contributed by atoms with Crippen molar-refractivity contribution in [3.8, 4) is 22.6 Å². The van der Waals surface area contributed by atoms with Crippen LogP contribution in [0.15, 0.2) is 53.7 Å². The minimum atomic E-state index is -4.53. The average molecular weight is 367 g/mol. The molecule has 1 aromatic carbocycles. The molecule has 0 fully saturated rings. The number of rotatable bonds is 3. The lowest BCUT2D eigenvalue weighted by molar-refractivity contribution is -0.140. The number of hydrogen-bond donors (Lipinski definition) is 1. The Kier molecular flexibility index (Phi) is 4.11. The van der Waals surface area contributed by atoms with E-state index in [4.69, 9.17) is 0 Å². The number of nitrogens with zero attached hydrogens (tertiary/aromatic N) is 2. The normalized spacial score (nSPS) is 12.3. The van der Waals surface area contributed by atoms with Crippen LogP contribution >= 0.6 is 0 Å². The molecule has 0 spiro atoms. The van der Waals surface area contributed by atoms with Crippen LogP contribution in [-0.2, 0) is 16.0 Å². The van der Waals surface area contributed by atoms with Crippen molar-refractivity contribution >= 4 is 9.84 Å². The molecule has 0 unspecified atom stereocenters. The molecular weight excluding hydrogens is 355 g/mol. The van der Waals surface area contributed by atoms with E-state index in [2.05, 4.69) is 15.0 Å². The highest BCUT2D eigenvalue weighted by molar-refractivity contribution is 7.90. The number of imidazole rings is 1. The summed E-state index contributed by atoms with van der Waals surface area (Å²) < 4.78 is 61.3. The first-order valence-electron chi connectivity index (χ1n) is 7.04. The minimum Gasteiger partial charge on any atom is -0.333 e. The molecule has 0 aliphatic carbocycles. The van der Waals surface area contributed by atoms with Gasteiger partial charge in [-0.25, -0.2) is 13.4 Å². The zero-order valence-electron chi connectivity index (χ0n) is 12.9. The monoisotopic (exact) mass is 367 g/mol. The van der Waals surface area contributed by atoms with Gasteiger partial charge in [-0.3, -0.25) is 4.98 Å². The molecule has 0 radical (unpaired) electrons. The molecule has 0 aliphatic rings. The number of halogens is 3. The number of aromatic amines is 1. The summed E-state index contributed by atoms with van der Waals surface area (Å²) in [5, 5.41) is 0. The summed E-state index contributed by atoms with van der Waals surface area (Å²) in [5.74, 6) is -0.0184. The van der Waals surface area contributed by atoms with E-state index in [1.54, 1.807) is 24.3 Å². The Hall–Kier alpha value is -2.68. The molecule has 0 bridgehead atoms. The fourth-order valence-electron chi connectivity index (χ4n) is 2.29. The Labute approximate surface area is 141 Å². The third kappa shape index (κ3) is 3.55. The van der Waals surface area contributed by atoms with Gasteiger partial charge in [0, 0.05) is 18.0 Å². The molecule has 2 heterocycles. The number of H-pyrrole nitrogens is 1. The molecule has 9 heteroatoms. The maximum Gasteiger partial charge on any atom is 0.432 e. The topological polar surface area (TPSA) is 75.7 Å². The Morgan fingerprint density at radius 1 is 1.04 bits per heavy atom. The van der Waals surface area contributed by atoms with Gasteiger partial charge in [0.25, 0.3) is 0 Å². The van der Waals surface area contributed by atoms with Crippen LogP contribution in [0.5, 0.6) is 0 Å². The molecule has 5 nitrogen and oxygen atoms in total. The first-order chi connectivity index (χ1) is 11.7. The van der Waals surface area contributed by atoms with Gasteiger partial charge in [0.15, 0.2) is 15.7 Å². The molecule has 25 heavy (non-hydrogen) atoms. The standard InChI is InChI=1S/C16H12F3N3O2S/c1-25(23,24)11-6-4-10(5-7-11)12-3-2-8-20-14(12)15-21-9-13(22-15)16(17,18)19/h2-9H,1H3,(H,21,22). The van der Waals surface area contributed by atoms with Crippen LogP contribution in [0.4, 0.5) is 13.2 Å². The highest BCUT2D eigenvalue weighted by atomic mass is 32.2. The Balaban J connectivity index is 2.06. The van der Waals surface area contributed by atoms with Crippen LogP contribution < -0.4 is 0 Å². The number of aromatic nitrogens is 3. The smallest absolute Gasteiger partial charge is 0.333 e. The first kappa shape index (κ1) is 17.2. The van der Waals surface area contributed by atoms with Crippen molar-refractivity contribution in [2.45, 2.75) is 11.1 Å². The van der Waals surface area contributed by atoms with Crippen LogP contribution in [-0.4, -0.2) is 29.6 Å². The van der Waals surface area contributed by atoms with Crippen molar-refractivity contribution in [2.75, 3.05) is 6.26 Å². The van der Waals surface area contributed by atoms with Gasteiger partial charge >= 0.3 is 6.18 Å². The van der Waals surface area contributed by atoms with E-state index in [1.807, 2.05) is 0 Å². The van der Waals surface area contributed by atoms with Crippen molar-refractivity contribution < 1.29 is 21.6 Å². The van der Waals surface area contributed by atoms with Gasteiger partial charge in [0.1, 0.15) is 11.4 Å². The maximum absolute atomic E-state index is 12.7. The second kappa shape index (κ2) is 5.99. The molecule has 0 aliphatic heterocycles. The number of sulfone groups is 1. The highest BCUT2D eigenvalue weighted by Crippen LogP contribution is 2.32. The molecule has 0 saturated carbocycles. The van der Waals surface area contributed by atoms with Crippen LogP contribution in [0, 0.1) is 0 Å². The lowest BCUT2D eigenvalue weighted by atomic mass is 10.0. The molecule has 0 atom stereocenters. The fraction of sp³-hybridized carbons (Fsp3) is 0.125. The summed E-state index contributed by atoms with van der Waals surface area (Å²) >= 11 is 0. The van der Waals surface area contributed by atoms with Gasteiger partial charge in [-0.15, -0.1) is 0 Å². The van der Waals surface area contributed by atoms with E-state index >= 15 is 0 Å². The summed E-state index contributed by atoms with van der Waals surface area (Å²) in [6.07, 6.45) is -1.28. The Morgan fingerprint density at radius 2 is 1.72 bits per heavy atom. The van der Waals surface area contributed by atoms with E-state index in [-0.39, 0.29) is 16.4 Å². The number of alkyl halides is 3. The quantitative estimate of drug-likeness (QED) is 0.768. The first-order valence-corrected chi connectivity index (χ1v) is 8.93. The van der Waals surface area contributed by atoms with Crippen LogP contribution in [0.2, 0.25) is 0 Å². The largest absolute Gasteiger partial charge is 0.432 e. The zero-order valence-corrected chi connectivity index (χ0v) is 13.7. The second-order valence-electron chi connectivity index (χ2n) is 5.34. The maximum atomic E-state index is 12.7. The second-order valence-corrected chi connectivity index (χ2v) is 7.36. The summed E-state index contributed by atoms with van der Waals surface area (Å²) in [4.78, 5) is 10.2. The van der Waals surface area contributed by atoms with E-state index in [0.717, 1.165) is 6.26 Å². The van der Waals surface area contributed by atoms with E-state index in [1.165, 1.54) is 18.3 Å². The number of benzene rings is 1. The van der Waals surface area contributed by atoms with Gasteiger partial charge in [0.2, 0.25) is 0 Å². The van der Waals surface area contributed by atoms with Gasteiger partial charge in [0.05, 0.1) is 11.1 Å². The van der Waals surface area contributed by atoms with Crippen LogP contribution in [0.3, 0.4) is 0 Å². The van der Waals surface area contributed by atoms with Crippen molar-refractivity contribution in [2.24, 2.45) is 0 Å². The molecular formula is C16H12F3N3O2S. The van der Waals surface area contributed by atoms with E-state index in [0.29, 0.717) is 17.3 Å². The third-order valence-electron chi connectivity index (χ3n) is 3.51. The number of nitrogens with one attached hydrogen (secondary N) is 1. The van der Waals surface area contributed by atoms with Crippen molar-refractivity contribution in [3.05, 3.63) is 54.5 Å². The summed E-state index contributed by atoms with van der Waals surface area (Å²) in [5.41, 5.74) is 0.419. The molecule has 0 amide bonds. The molecule has 3 aromatic rings. The van der Waals surface area contributed by atoms with Gasteiger partial charge < -0.3 is 4.98 Å². The molecule has 2 aromatic heterocycles. The summed E-state index contributed by atoms with van der Waals surface area (Å²) in [6.45, 7) is 0. The minimum absolute atomic E-state index is 0.0184. The van der Waals surface area contributed by atoms with Crippen LogP contribution in [0.1, 0.15) is 5.69 Å². The van der Waals surface area contributed by atoms with Gasteiger partial charge in [-0.05, 0) is 23.8 Å². The predicted molar refractivity (Wildman–Crippen MR) is 85.4 cm³/mol. The molecule has 1 N–H and O–H groups in total. The lowest BCUT2D eigenvalue weighted by Gasteiger charge is -2.08. The molecule has 130 valence electrons. The lowest BCUT2D eigenvalue weighted by Crippen LogP contribution is -2.05. The number of pyridine rings is 1. The Bertz CT molecular complexity index is 1010. The molecule has 3 rings (SSSR count). The number of hydrogen-bond acceptors (Lipinski definition) is 4. The highest BCUT2D eigenvalue weighted by Gasteiger charge is 2.33. The van der Waals surface area contributed by atoms with Gasteiger partial charge in [-0.1, -0.05) is 18.2 Å². The SMILES string of the molecule is CS(=O)(=O)c1ccc(-c2cccnc2-c2ncc(C(F)(F)F)[nH]2)cc1. The fourth-order valence-corrected chi connectivity index (χ4v) is 2.92. The summed E-state index contributed by atoms with van der Waals surface area (Å²) in [6, 6.07) is 9.33. The zero-order chi connectivity index (χ0) is 18.2. The predicted octanol–water partition coefficient (Wildman–Crippen LogP) is 3.56. The van der Waals surface area contributed by atoms with Crippen LogP contribution in [0.25, 0.3) is 22.6 Å². The van der Waals surface area contributed by atoms with Gasteiger partial charge in [-0.2, -0.15) is 13.2 Å². The van der Waals surface area contributed by atoms with E-state index < -0.39 is 21.7 Å². The van der Waals surface area contributed by atoms with Crippen molar-refractivity contribution in [1.82, 2.24) is 15.0 Å². The Morgan fingerprint density at radius 3 is 2.28 bits per heavy atom. The average Bonchev–Trinajstić information content (AvgIpc) is 3.04. The van der Waals surface area contributed by atoms with Crippen molar-refractivity contribution in [1.29, 1.82) is 0 Å². The molecule has 0 saturated heterocycles. The van der Waals surface area contributed by atoms with E-state index in [9.17, 15) is 21.6 Å². The van der Waals surface area contributed by atoms with Crippen molar-refractivity contribution in [3.63, 3.8) is 0 Å². The summed E-state index contributed by atoms with van der Waals surface area (Å²) in [7, 11) is -3.34. The third-order valence-corrected chi connectivity index (χ3v) is 4.64.